The van der Waals surface area contributed by atoms with Crippen molar-refractivity contribution in [3.05, 3.63) is 55.1 Å². The second kappa shape index (κ2) is 6.76. The van der Waals surface area contributed by atoms with Gasteiger partial charge in [0, 0.05) is 23.5 Å². The van der Waals surface area contributed by atoms with Crippen LogP contribution in [0, 0.1) is 0 Å². The standard InChI is InChI=1S/C15H16BrN3O3S/c1-8(23-10-6-4-9(16)5-7-10)12(20)11-13(17)18(2)15(22)19(3)14(11)21/h4-8H,17H2,1-3H3. The van der Waals surface area contributed by atoms with Crippen LogP contribution >= 0.6 is 27.7 Å². The van der Waals surface area contributed by atoms with Crippen molar-refractivity contribution in [2.24, 2.45) is 14.1 Å². The van der Waals surface area contributed by atoms with Gasteiger partial charge in [-0.05, 0) is 31.2 Å². The van der Waals surface area contributed by atoms with Gasteiger partial charge < -0.3 is 5.73 Å². The molecule has 0 saturated heterocycles. The summed E-state index contributed by atoms with van der Waals surface area (Å²) in [6.45, 7) is 1.71. The number of carbonyl (C=O) groups is 1. The van der Waals surface area contributed by atoms with Crippen molar-refractivity contribution in [1.82, 2.24) is 9.13 Å². The summed E-state index contributed by atoms with van der Waals surface area (Å²) in [6, 6.07) is 7.50. The van der Waals surface area contributed by atoms with E-state index in [1.54, 1.807) is 6.92 Å². The maximum Gasteiger partial charge on any atom is 0.332 e. The molecule has 1 unspecified atom stereocenters. The van der Waals surface area contributed by atoms with Gasteiger partial charge in [-0.25, -0.2) is 4.79 Å². The molecule has 0 aliphatic rings. The van der Waals surface area contributed by atoms with Crippen molar-refractivity contribution in [2.75, 3.05) is 5.73 Å². The Hall–Kier alpha value is -1.80. The molecular weight excluding hydrogens is 382 g/mol. The molecule has 8 heteroatoms. The van der Waals surface area contributed by atoms with Crippen LogP contribution in [-0.4, -0.2) is 20.2 Å². The number of anilines is 1. The number of carbonyl (C=O) groups excluding carboxylic acids is 1. The zero-order valence-electron chi connectivity index (χ0n) is 12.9. The van der Waals surface area contributed by atoms with Gasteiger partial charge in [-0.3, -0.25) is 18.7 Å². The first kappa shape index (κ1) is 17.6. The molecule has 0 bridgehead atoms. The Morgan fingerprint density at radius 3 is 2.30 bits per heavy atom. The Morgan fingerprint density at radius 1 is 1.17 bits per heavy atom. The summed E-state index contributed by atoms with van der Waals surface area (Å²) in [4.78, 5) is 37.6. The second-order valence-electron chi connectivity index (χ2n) is 5.04. The smallest absolute Gasteiger partial charge is 0.332 e. The van der Waals surface area contributed by atoms with E-state index in [1.165, 1.54) is 25.9 Å². The minimum atomic E-state index is -0.668. The Labute approximate surface area is 145 Å². The molecule has 2 N–H and O–H groups in total. The van der Waals surface area contributed by atoms with Crippen LogP contribution < -0.4 is 17.0 Å². The van der Waals surface area contributed by atoms with Crippen LogP contribution in [0.2, 0.25) is 0 Å². The summed E-state index contributed by atoms with van der Waals surface area (Å²) in [5.41, 5.74) is 4.45. The molecule has 1 heterocycles. The van der Waals surface area contributed by atoms with Gasteiger partial charge in [0.1, 0.15) is 11.4 Å². The topological polar surface area (TPSA) is 87.1 Å². The summed E-state index contributed by atoms with van der Waals surface area (Å²) in [6.07, 6.45) is 0. The Morgan fingerprint density at radius 2 is 1.74 bits per heavy atom. The average molecular weight is 398 g/mol. The minimum absolute atomic E-state index is 0.105. The highest BCUT2D eigenvalue weighted by Gasteiger charge is 2.25. The molecule has 0 amide bonds. The molecule has 122 valence electrons. The van der Waals surface area contributed by atoms with Crippen LogP contribution in [0.15, 0.2) is 43.2 Å². The van der Waals surface area contributed by atoms with Crippen LogP contribution in [0.1, 0.15) is 17.3 Å². The number of aromatic nitrogens is 2. The number of Topliss-reactive ketones (excluding diaryl/α,β-unsaturated/α-hetero) is 1. The number of hydrogen-bond acceptors (Lipinski definition) is 5. The van der Waals surface area contributed by atoms with E-state index in [0.29, 0.717) is 0 Å². The second-order valence-corrected chi connectivity index (χ2v) is 7.37. The van der Waals surface area contributed by atoms with Crippen molar-refractivity contribution < 1.29 is 4.79 Å². The lowest BCUT2D eigenvalue weighted by molar-refractivity contribution is 0.0992. The zero-order valence-corrected chi connectivity index (χ0v) is 15.3. The van der Waals surface area contributed by atoms with Gasteiger partial charge in [0.2, 0.25) is 0 Å². The van der Waals surface area contributed by atoms with Crippen molar-refractivity contribution in [2.45, 2.75) is 17.1 Å². The van der Waals surface area contributed by atoms with E-state index in [4.69, 9.17) is 5.73 Å². The molecule has 6 nitrogen and oxygen atoms in total. The van der Waals surface area contributed by atoms with E-state index in [1.807, 2.05) is 24.3 Å². The lowest BCUT2D eigenvalue weighted by Crippen LogP contribution is -2.42. The van der Waals surface area contributed by atoms with Gasteiger partial charge in [0.05, 0.1) is 5.25 Å². The number of nitrogens with zero attached hydrogens (tertiary/aromatic N) is 2. The third kappa shape index (κ3) is 3.42. The third-order valence-electron chi connectivity index (χ3n) is 3.45. The number of thioether (sulfide) groups is 1. The summed E-state index contributed by atoms with van der Waals surface area (Å²) in [7, 11) is 2.76. The fraction of sp³-hybridized carbons (Fsp3) is 0.267. The zero-order chi connectivity index (χ0) is 17.3. The van der Waals surface area contributed by atoms with E-state index in [0.717, 1.165) is 18.5 Å². The van der Waals surface area contributed by atoms with Gasteiger partial charge in [-0.1, -0.05) is 15.9 Å². The first-order chi connectivity index (χ1) is 10.7. The van der Waals surface area contributed by atoms with Crippen LogP contribution in [0.25, 0.3) is 0 Å². The molecule has 0 saturated carbocycles. The molecule has 1 atom stereocenters. The molecule has 0 spiro atoms. The predicted molar refractivity (Wildman–Crippen MR) is 95.1 cm³/mol. The van der Waals surface area contributed by atoms with Crippen LogP contribution in [0.4, 0.5) is 5.82 Å². The number of rotatable bonds is 4. The number of nitrogen functional groups attached to an aromatic ring is 1. The van der Waals surface area contributed by atoms with Gasteiger partial charge in [-0.2, -0.15) is 0 Å². The monoisotopic (exact) mass is 397 g/mol. The Balaban J connectivity index is 2.39. The van der Waals surface area contributed by atoms with Crippen molar-refractivity contribution in [3.8, 4) is 0 Å². The van der Waals surface area contributed by atoms with E-state index < -0.39 is 22.3 Å². The van der Waals surface area contributed by atoms with E-state index in [-0.39, 0.29) is 11.4 Å². The number of ketones is 1. The quantitative estimate of drug-likeness (QED) is 0.627. The lowest BCUT2D eigenvalue weighted by Gasteiger charge is -2.14. The number of hydrogen-bond donors (Lipinski definition) is 1. The molecule has 23 heavy (non-hydrogen) atoms. The number of halogens is 1. The SMILES string of the molecule is CC(Sc1ccc(Br)cc1)C(=O)c1c(N)n(C)c(=O)n(C)c1=O. The first-order valence-corrected chi connectivity index (χ1v) is 8.43. The highest BCUT2D eigenvalue weighted by Crippen LogP contribution is 2.27. The highest BCUT2D eigenvalue weighted by atomic mass is 79.9. The maximum atomic E-state index is 12.6. The number of benzene rings is 1. The van der Waals surface area contributed by atoms with Crippen molar-refractivity contribution in [3.63, 3.8) is 0 Å². The predicted octanol–water partition coefficient (Wildman–Crippen LogP) is 1.79. The fourth-order valence-corrected chi connectivity index (χ4v) is 3.26. The molecule has 2 aromatic rings. The molecule has 1 aromatic heterocycles. The Kier molecular flexibility index (Phi) is 5.16. The van der Waals surface area contributed by atoms with Crippen molar-refractivity contribution in [1.29, 1.82) is 0 Å². The van der Waals surface area contributed by atoms with E-state index >= 15 is 0 Å². The van der Waals surface area contributed by atoms with Gasteiger partial charge >= 0.3 is 5.69 Å². The van der Waals surface area contributed by atoms with Gasteiger partial charge in [-0.15, -0.1) is 11.8 Å². The third-order valence-corrected chi connectivity index (χ3v) is 5.09. The molecule has 2 rings (SSSR count). The van der Waals surface area contributed by atoms with Gasteiger partial charge in [0.15, 0.2) is 5.78 Å². The molecule has 0 aliphatic heterocycles. The van der Waals surface area contributed by atoms with Gasteiger partial charge in [0.25, 0.3) is 5.56 Å². The fourth-order valence-electron chi connectivity index (χ4n) is 2.07. The summed E-state index contributed by atoms with van der Waals surface area (Å²) < 4.78 is 2.93. The minimum Gasteiger partial charge on any atom is -0.384 e. The van der Waals surface area contributed by atoms with Crippen LogP contribution in [0.5, 0.6) is 0 Å². The largest absolute Gasteiger partial charge is 0.384 e. The van der Waals surface area contributed by atoms with Crippen LogP contribution in [-0.2, 0) is 14.1 Å². The highest BCUT2D eigenvalue weighted by molar-refractivity contribution is 9.10. The molecule has 0 aliphatic carbocycles. The normalized spacial score (nSPS) is 12.2. The maximum absolute atomic E-state index is 12.6. The molecule has 0 radical (unpaired) electrons. The average Bonchev–Trinajstić information content (AvgIpc) is 2.53. The molecular formula is C15H16BrN3O3S. The van der Waals surface area contributed by atoms with Crippen LogP contribution in [0.3, 0.4) is 0 Å². The first-order valence-electron chi connectivity index (χ1n) is 6.76. The summed E-state index contributed by atoms with van der Waals surface area (Å²) in [5.74, 6) is -0.502. The van der Waals surface area contributed by atoms with E-state index in [9.17, 15) is 14.4 Å². The van der Waals surface area contributed by atoms with Crippen molar-refractivity contribution >= 4 is 39.3 Å². The number of nitrogens with two attached hydrogens (primary N) is 1. The Bertz CT molecular complexity index is 871. The summed E-state index contributed by atoms with van der Waals surface area (Å²) in [5, 5.41) is -0.510. The summed E-state index contributed by atoms with van der Waals surface area (Å²) >= 11 is 4.68. The molecule has 1 aromatic carbocycles. The van der Waals surface area contributed by atoms with E-state index in [2.05, 4.69) is 15.9 Å². The lowest BCUT2D eigenvalue weighted by atomic mass is 10.1. The molecule has 0 fully saturated rings.